The molecule has 1 aromatic rings. The van der Waals surface area contributed by atoms with Crippen LogP contribution in [0.5, 0.6) is 0 Å². The third-order valence-electron chi connectivity index (χ3n) is 3.77. The monoisotopic (exact) mass is 204 g/mol. The minimum atomic E-state index is 0.108. The van der Waals surface area contributed by atoms with E-state index in [0.29, 0.717) is 12.5 Å². The first-order valence-electron chi connectivity index (χ1n) is 6.00. The molecule has 0 radical (unpaired) electrons. The van der Waals surface area contributed by atoms with Crippen LogP contribution in [-0.4, -0.2) is 11.7 Å². The van der Waals surface area contributed by atoms with E-state index in [1.807, 2.05) is 6.07 Å². The summed E-state index contributed by atoms with van der Waals surface area (Å²) in [7, 11) is 0. The second kappa shape index (κ2) is 4.36. The number of unbranched alkanes of at least 4 members (excludes halogenated alkanes) is 1. The Bertz CT molecular complexity index is 306. The van der Waals surface area contributed by atoms with Crippen molar-refractivity contribution in [3.63, 3.8) is 0 Å². The first-order chi connectivity index (χ1) is 7.33. The summed E-state index contributed by atoms with van der Waals surface area (Å²) in [6.07, 6.45) is 4.99. The van der Waals surface area contributed by atoms with Crippen LogP contribution in [0.4, 0.5) is 0 Å². The average molecular weight is 204 g/mol. The van der Waals surface area contributed by atoms with Crippen LogP contribution in [0.1, 0.15) is 38.2 Å². The minimum absolute atomic E-state index is 0.108. The molecule has 2 atom stereocenters. The molecule has 1 fully saturated rings. The van der Waals surface area contributed by atoms with Gasteiger partial charge in [-0.25, -0.2) is 0 Å². The Hall–Kier alpha value is -0.820. The molecule has 0 spiro atoms. The molecule has 0 saturated heterocycles. The molecule has 1 saturated carbocycles. The number of hydrogen-bond acceptors (Lipinski definition) is 1. The summed E-state index contributed by atoms with van der Waals surface area (Å²) < 4.78 is 0. The van der Waals surface area contributed by atoms with Crippen molar-refractivity contribution in [1.82, 2.24) is 0 Å². The lowest BCUT2D eigenvalue weighted by molar-refractivity contribution is 0.243. The maximum atomic E-state index is 9.58. The lowest BCUT2D eigenvalue weighted by Gasteiger charge is -2.14. The van der Waals surface area contributed by atoms with Crippen molar-refractivity contribution in [2.24, 2.45) is 5.92 Å². The highest BCUT2D eigenvalue weighted by Gasteiger charge is 2.53. The minimum Gasteiger partial charge on any atom is -0.395 e. The van der Waals surface area contributed by atoms with Gasteiger partial charge in [-0.3, -0.25) is 0 Å². The predicted molar refractivity (Wildman–Crippen MR) is 62.8 cm³/mol. The van der Waals surface area contributed by atoms with Crippen molar-refractivity contribution in [1.29, 1.82) is 0 Å². The van der Waals surface area contributed by atoms with Crippen molar-refractivity contribution in [3.8, 4) is 0 Å². The molecule has 0 heterocycles. The molecule has 1 aromatic carbocycles. The zero-order valence-electron chi connectivity index (χ0n) is 9.45. The molecule has 1 aliphatic rings. The Kier molecular flexibility index (Phi) is 3.11. The topological polar surface area (TPSA) is 20.2 Å². The SMILES string of the molecule is CCCC[C@@H]1C[C@@]1(CO)c1ccccc1. The molecular weight excluding hydrogens is 184 g/mol. The zero-order valence-corrected chi connectivity index (χ0v) is 9.45. The van der Waals surface area contributed by atoms with E-state index in [1.165, 1.54) is 31.2 Å². The van der Waals surface area contributed by atoms with Crippen molar-refractivity contribution >= 4 is 0 Å². The highest BCUT2D eigenvalue weighted by molar-refractivity contribution is 5.33. The van der Waals surface area contributed by atoms with Crippen LogP contribution in [0.25, 0.3) is 0 Å². The van der Waals surface area contributed by atoms with E-state index in [-0.39, 0.29) is 5.41 Å². The van der Waals surface area contributed by atoms with Gasteiger partial charge in [0.1, 0.15) is 0 Å². The fraction of sp³-hybridized carbons (Fsp3) is 0.571. The van der Waals surface area contributed by atoms with Crippen LogP contribution in [-0.2, 0) is 5.41 Å². The summed E-state index contributed by atoms with van der Waals surface area (Å²) >= 11 is 0. The van der Waals surface area contributed by atoms with Crippen molar-refractivity contribution in [2.45, 2.75) is 38.0 Å². The van der Waals surface area contributed by atoms with E-state index < -0.39 is 0 Å². The van der Waals surface area contributed by atoms with Gasteiger partial charge in [0.2, 0.25) is 0 Å². The Morgan fingerprint density at radius 3 is 2.67 bits per heavy atom. The van der Waals surface area contributed by atoms with Crippen molar-refractivity contribution in [2.75, 3.05) is 6.61 Å². The summed E-state index contributed by atoms with van der Waals surface area (Å²) in [6.45, 7) is 2.54. The summed E-state index contributed by atoms with van der Waals surface area (Å²) in [5.74, 6) is 0.713. The van der Waals surface area contributed by atoms with Crippen LogP contribution in [0, 0.1) is 5.92 Å². The average Bonchev–Trinajstić information content (AvgIpc) is 3.03. The van der Waals surface area contributed by atoms with Gasteiger partial charge in [0.25, 0.3) is 0 Å². The molecule has 15 heavy (non-hydrogen) atoms. The molecule has 0 aromatic heterocycles. The van der Waals surface area contributed by atoms with Gasteiger partial charge in [0.05, 0.1) is 6.61 Å². The number of rotatable bonds is 5. The van der Waals surface area contributed by atoms with Crippen LogP contribution in [0.15, 0.2) is 30.3 Å². The zero-order chi connectivity index (χ0) is 10.7. The van der Waals surface area contributed by atoms with Crippen molar-refractivity contribution in [3.05, 3.63) is 35.9 Å². The van der Waals surface area contributed by atoms with Gasteiger partial charge in [-0.1, -0.05) is 50.1 Å². The molecule has 0 unspecified atom stereocenters. The van der Waals surface area contributed by atoms with Gasteiger partial charge in [-0.2, -0.15) is 0 Å². The van der Waals surface area contributed by atoms with Gasteiger partial charge < -0.3 is 5.11 Å². The predicted octanol–water partition coefficient (Wildman–Crippen LogP) is 3.13. The molecule has 0 aliphatic heterocycles. The van der Waals surface area contributed by atoms with Crippen LogP contribution < -0.4 is 0 Å². The standard InChI is InChI=1S/C14H20O/c1-2-3-7-13-10-14(13,11-15)12-8-5-4-6-9-12/h4-6,8-9,13,15H,2-3,7,10-11H2,1H3/t13-,14-/m1/s1. The van der Waals surface area contributed by atoms with Crippen LogP contribution >= 0.6 is 0 Å². The molecular formula is C14H20O. The van der Waals surface area contributed by atoms with E-state index in [1.54, 1.807) is 0 Å². The Balaban J connectivity index is 2.07. The van der Waals surface area contributed by atoms with E-state index >= 15 is 0 Å². The van der Waals surface area contributed by atoms with Gasteiger partial charge >= 0.3 is 0 Å². The summed E-state index contributed by atoms with van der Waals surface area (Å²) in [5.41, 5.74) is 1.43. The number of hydrogen-bond donors (Lipinski definition) is 1. The molecule has 1 heteroatoms. The second-order valence-corrected chi connectivity index (χ2v) is 4.72. The maximum absolute atomic E-state index is 9.58. The maximum Gasteiger partial charge on any atom is 0.0530 e. The lowest BCUT2D eigenvalue weighted by atomic mass is 9.92. The lowest BCUT2D eigenvalue weighted by Crippen LogP contribution is -2.15. The Morgan fingerprint density at radius 2 is 2.07 bits per heavy atom. The molecule has 0 bridgehead atoms. The number of aliphatic hydroxyl groups is 1. The molecule has 1 aliphatic carbocycles. The summed E-state index contributed by atoms with van der Waals surface area (Å²) in [4.78, 5) is 0. The normalized spacial score (nSPS) is 29.1. The van der Waals surface area contributed by atoms with Crippen LogP contribution in [0.3, 0.4) is 0 Å². The molecule has 82 valence electrons. The third kappa shape index (κ3) is 1.93. The first kappa shape index (κ1) is 10.7. The van der Waals surface area contributed by atoms with E-state index in [0.717, 1.165) is 0 Å². The molecule has 2 rings (SSSR count). The third-order valence-corrected chi connectivity index (χ3v) is 3.77. The fourth-order valence-electron chi connectivity index (χ4n) is 2.62. The van der Waals surface area contributed by atoms with Crippen molar-refractivity contribution < 1.29 is 5.11 Å². The number of benzene rings is 1. The van der Waals surface area contributed by atoms with Crippen LogP contribution in [0.2, 0.25) is 0 Å². The fourth-order valence-corrected chi connectivity index (χ4v) is 2.62. The van der Waals surface area contributed by atoms with E-state index in [4.69, 9.17) is 0 Å². The highest BCUT2D eigenvalue weighted by Crippen LogP contribution is 2.56. The molecule has 1 N–H and O–H groups in total. The molecule has 0 amide bonds. The summed E-state index contributed by atoms with van der Waals surface area (Å²) in [5, 5.41) is 9.58. The van der Waals surface area contributed by atoms with Gasteiger partial charge in [-0.05, 0) is 24.3 Å². The number of aliphatic hydroxyl groups excluding tert-OH is 1. The summed E-state index contributed by atoms with van der Waals surface area (Å²) in [6, 6.07) is 10.5. The largest absolute Gasteiger partial charge is 0.395 e. The molecule has 1 nitrogen and oxygen atoms in total. The smallest absolute Gasteiger partial charge is 0.0530 e. The van der Waals surface area contributed by atoms with Gasteiger partial charge in [-0.15, -0.1) is 0 Å². The Morgan fingerprint density at radius 1 is 1.33 bits per heavy atom. The second-order valence-electron chi connectivity index (χ2n) is 4.72. The first-order valence-corrected chi connectivity index (χ1v) is 6.00. The van der Waals surface area contributed by atoms with Gasteiger partial charge in [0, 0.05) is 5.41 Å². The highest BCUT2D eigenvalue weighted by atomic mass is 16.3. The van der Waals surface area contributed by atoms with E-state index in [2.05, 4.69) is 31.2 Å². The van der Waals surface area contributed by atoms with E-state index in [9.17, 15) is 5.11 Å². The Labute approximate surface area is 92.1 Å². The van der Waals surface area contributed by atoms with Gasteiger partial charge in [0.15, 0.2) is 0 Å². The quantitative estimate of drug-likeness (QED) is 0.781.